The number of ketones is 1. The third-order valence-electron chi connectivity index (χ3n) is 7.68. The topological polar surface area (TPSA) is 149 Å². The van der Waals surface area contributed by atoms with E-state index in [4.69, 9.17) is 15.2 Å². The molecule has 10 heteroatoms. The van der Waals surface area contributed by atoms with Crippen LogP contribution in [0.5, 0.6) is 0 Å². The number of nitrogens with one attached hydrogen (secondary N) is 3. The molecule has 0 spiro atoms. The Kier molecular flexibility index (Phi) is 13.2. The summed E-state index contributed by atoms with van der Waals surface area (Å²) in [6, 6.07) is 15.3. The number of benzene rings is 2. The van der Waals surface area contributed by atoms with Crippen LogP contribution in [0.3, 0.4) is 0 Å². The predicted molar refractivity (Wildman–Crippen MR) is 170 cm³/mol. The van der Waals surface area contributed by atoms with Crippen LogP contribution >= 0.6 is 0 Å². The van der Waals surface area contributed by atoms with Crippen LogP contribution in [-0.2, 0) is 19.1 Å². The summed E-state index contributed by atoms with van der Waals surface area (Å²) in [6.45, 7) is 6.37. The maximum absolute atomic E-state index is 13.5. The van der Waals surface area contributed by atoms with Crippen molar-refractivity contribution >= 4 is 23.9 Å². The highest BCUT2D eigenvalue weighted by molar-refractivity contribution is 5.91. The van der Waals surface area contributed by atoms with Crippen molar-refractivity contribution in [2.24, 2.45) is 11.7 Å². The van der Waals surface area contributed by atoms with E-state index in [0.29, 0.717) is 38.8 Å². The first-order valence-corrected chi connectivity index (χ1v) is 15.6. The highest BCUT2D eigenvalue weighted by atomic mass is 16.6. The number of amides is 3. The Morgan fingerprint density at radius 2 is 1.48 bits per heavy atom. The molecule has 2 aromatic rings. The number of nitrogens with two attached hydrogens (primary N) is 1. The molecule has 3 amide bonds. The monoisotopic (exact) mass is 608 g/mol. The van der Waals surface area contributed by atoms with E-state index in [-0.39, 0.29) is 30.6 Å². The van der Waals surface area contributed by atoms with Crippen LogP contribution in [-0.4, -0.2) is 62.3 Å². The molecule has 0 saturated heterocycles. The minimum absolute atomic E-state index is 0.00523. The van der Waals surface area contributed by atoms with Crippen molar-refractivity contribution in [2.45, 2.75) is 83.3 Å². The Bertz CT molecular complexity index is 1230. The van der Waals surface area contributed by atoms with Crippen LogP contribution in [0.25, 0.3) is 11.1 Å². The Balaban J connectivity index is 1.63. The largest absolute Gasteiger partial charge is 0.449 e. The molecular formula is C34H48N4O6. The van der Waals surface area contributed by atoms with Crippen molar-refractivity contribution in [1.29, 1.82) is 0 Å². The van der Waals surface area contributed by atoms with Crippen LogP contribution in [0.15, 0.2) is 48.5 Å². The molecule has 3 rings (SSSR count). The second-order valence-electron chi connectivity index (χ2n) is 12.2. The van der Waals surface area contributed by atoms with Gasteiger partial charge in [-0.25, -0.2) is 9.59 Å². The van der Waals surface area contributed by atoms with Gasteiger partial charge >= 0.3 is 12.2 Å². The van der Waals surface area contributed by atoms with E-state index >= 15 is 0 Å². The molecule has 0 heterocycles. The summed E-state index contributed by atoms with van der Waals surface area (Å²) < 4.78 is 11.0. The highest BCUT2D eigenvalue weighted by Crippen LogP contribution is 2.44. The summed E-state index contributed by atoms with van der Waals surface area (Å²) in [6.07, 6.45) is 2.27. The Morgan fingerprint density at radius 3 is 2.07 bits per heavy atom. The second-order valence-corrected chi connectivity index (χ2v) is 12.2. The van der Waals surface area contributed by atoms with Gasteiger partial charge in [-0.15, -0.1) is 0 Å². The fraction of sp³-hybridized carbons (Fsp3) is 0.529. The number of hydrogen-bond donors (Lipinski definition) is 4. The summed E-state index contributed by atoms with van der Waals surface area (Å²) in [5, 5.41) is 8.13. The molecule has 0 fully saturated rings. The maximum atomic E-state index is 13.5. The molecule has 0 aromatic heterocycles. The Hall–Kier alpha value is -3.92. The number of unbranched alkanes of at least 4 members (excludes halogenated alkanes) is 2. The molecule has 1 aliphatic rings. The molecule has 2 aromatic carbocycles. The molecule has 0 aliphatic heterocycles. The minimum Gasteiger partial charge on any atom is -0.449 e. The minimum atomic E-state index is -0.839. The van der Waals surface area contributed by atoms with Crippen molar-refractivity contribution in [3.8, 4) is 11.1 Å². The van der Waals surface area contributed by atoms with Gasteiger partial charge in [0.25, 0.3) is 0 Å². The van der Waals surface area contributed by atoms with E-state index in [1.165, 1.54) is 0 Å². The average molecular weight is 609 g/mol. The van der Waals surface area contributed by atoms with Gasteiger partial charge in [-0.2, -0.15) is 0 Å². The van der Waals surface area contributed by atoms with Crippen molar-refractivity contribution in [1.82, 2.24) is 16.0 Å². The van der Waals surface area contributed by atoms with Gasteiger partial charge in [-0.3, -0.25) is 9.59 Å². The lowest BCUT2D eigenvalue weighted by Crippen LogP contribution is -2.43. The molecule has 240 valence electrons. The zero-order chi connectivity index (χ0) is 32.1. The standard InChI is InChI=1S/C34H48N4O6/c1-34(2,3)44-32(41)37-20-12-10-18-29(30(39)21-23(31(40)36-4)13-9-11-19-35)38-33(42)43-22-28-26-16-7-5-14-24(26)25-15-6-8-17-27(25)28/h5-8,14-17,23,28-29H,9-13,18-22,35H2,1-4H3,(H,36,40)(H,37,41)(H,38,42)/t23-,29+/m1/s1. The number of fused-ring (bicyclic) bond motifs is 3. The molecule has 5 N–H and O–H groups in total. The highest BCUT2D eigenvalue weighted by Gasteiger charge is 2.31. The first-order chi connectivity index (χ1) is 21.0. The first-order valence-electron chi connectivity index (χ1n) is 15.6. The predicted octanol–water partition coefficient (Wildman–Crippen LogP) is 5.04. The third-order valence-corrected chi connectivity index (χ3v) is 7.68. The van der Waals surface area contributed by atoms with E-state index in [9.17, 15) is 19.2 Å². The number of rotatable bonds is 16. The number of alkyl carbamates (subject to hydrolysis) is 2. The molecule has 0 saturated carbocycles. The van der Waals surface area contributed by atoms with Crippen LogP contribution in [0.1, 0.15) is 82.8 Å². The second kappa shape index (κ2) is 16.8. The van der Waals surface area contributed by atoms with Crippen molar-refractivity contribution in [3.63, 3.8) is 0 Å². The van der Waals surface area contributed by atoms with Crippen LogP contribution in [0.4, 0.5) is 9.59 Å². The molecule has 0 bridgehead atoms. The number of Topliss-reactive ketones (excluding diaryl/α,β-unsaturated/α-hetero) is 1. The maximum Gasteiger partial charge on any atom is 0.407 e. The van der Waals surface area contributed by atoms with Gasteiger partial charge in [0.15, 0.2) is 5.78 Å². The molecule has 0 unspecified atom stereocenters. The van der Waals surface area contributed by atoms with E-state index in [1.807, 2.05) is 36.4 Å². The Labute approximate surface area is 260 Å². The van der Waals surface area contributed by atoms with Crippen molar-refractivity contribution in [2.75, 3.05) is 26.7 Å². The molecular weight excluding hydrogens is 560 g/mol. The molecule has 2 atom stereocenters. The van der Waals surface area contributed by atoms with E-state index in [0.717, 1.165) is 35.1 Å². The smallest absolute Gasteiger partial charge is 0.407 e. The summed E-state index contributed by atoms with van der Waals surface area (Å²) >= 11 is 0. The molecule has 44 heavy (non-hydrogen) atoms. The summed E-state index contributed by atoms with van der Waals surface area (Å²) in [5.74, 6) is -1.07. The van der Waals surface area contributed by atoms with Crippen LogP contribution in [0.2, 0.25) is 0 Å². The van der Waals surface area contributed by atoms with Crippen LogP contribution < -0.4 is 21.7 Å². The Morgan fingerprint density at radius 1 is 0.864 bits per heavy atom. The SMILES string of the molecule is CNC(=O)[C@H](CCCCN)CC(=O)[C@H](CCCCNC(=O)OC(C)(C)C)NC(=O)OCC1c2ccccc2-c2ccccc21. The van der Waals surface area contributed by atoms with Gasteiger partial charge in [-0.1, -0.05) is 55.0 Å². The summed E-state index contributed by atoms with van der Waals surface area (Å²) in [5.41, 5.74) is 9.46. The van der Waals surface area contributed by atoms with Crippen LogP contribution in [0, 0.1) is 5.92 Å². The van der Waals surface area contributed by atoms with E-state index < -0.39 is 29.7 Å². The molecule has 0 radical (unpaired) electrons. The van der Waals surface area contributed by atoms with Gasteiger partial charge in [0.1, 0.15) is 12.2 Å². The van der Waals surface area contributed by atoms with E-state index in [1.54, 1.807) is 27.8 Å². The third kappa shape index (κ3) is 10.4. The number of ether oxygens (including phenoxy) is 2. The van der Waals surface area contributed by atoms with E-state index in [2.05, 4.69) is 28.1 Å². The fourth-order valence-electron chi connectivity index (χ4n) is 5.52. The van der Waals surface area contributed by atoms with Gasteiger partial charge < -0.3 is 31.2 Å². The fourth-order valence-corrected chi connectivity index (χ4v) is 5.52. The lowest BCUT2D eigenvalue weighted by molar-refractivity contribution is -0.130. The normalized spacial score (nSPS) is 13.7. The summed E-state index contributed by atoms with van der Waals surface area (Å²) in [7, 11) is 1.55. The number of carbonyl (C=O) groups excluding carboxylic acids is 4. The van der Waals surface area contributed by atoms with Gasteiger partial charge in [0.2, 0.25) is 5.91 Å². The molecule has 10 nitrogen and oxygen atoms in total. The molecule has 1 aliphatic carbocycles. The van der Waals surface area contributed by atoms with Crippen molar-refractivity contribution in [3.05, 3.63) is 59.7 Å². The van der Waals surface area contributed by atoms with Gasteiger partial charge in [0, 0.05) is 31.8 Å². The zero-order valence-corrected chi connectivity index (χ0v) is 26.4. The quantitative estimate of drug-likeness (QED) is 0.195. The van der Waals surface area contributed by atoms with Gasteiger partial charge in [0.05, 0.1) is 6.04 Å². The van der Waals surface area contributed by atoms with Gasteiger partial charge in [-0.05, 0) is 81.7 Å². The zero-order valence-electron chi connectivity index (χ0n) is 26.4. The number of hydrogen-bond acceptors (Lipinski definition) is 7. The average Bonchev–Trinajstić information content (AvgIpc) is 3.31. The van der Waals surface area contributed by atoms with Crippen molar-refractivity contribution < 1.29 is 28.7 Å². The lowest BCUT2D eigenvalue weighted by atomic mass is 9.91. The number of carbonyl (C=O) groups is 4. The first kappa shape index (κ1) is 34.6. The lowest BCUT2D eigenvalue weighted by Gasteiger charge is -2.22. The summed E-state index contributed by atoms with van der Waals surface area (Å²) in [4.78, 5) is 51.1.